The van der Waals surface area contributed by atoms with Gasteiger partial charge in [0.1, 0.15) is 5.56 Å². The monoisotopic (exact) mass is 412 g/mol. The van der Waals surface area contributed by atoms with Gasteiger partial charge in [0.05, 0.1) is 24.1 Å². The van der Waals surface area contributed by atoms with Crippen molar-refractivity contribution in [2.24, 2.45) is 7.05 Å². The van der Waals surface area contributed by atoms with Crippen molar-refractivity contribution in [3.63, 3.8) is 0 Å². The number of aryl methyl sites for hydroxylation is 1. The normalized spacial score (nSPS) is 15.6. The number of hydrogen-bond donors (Lipinski definition) is 2. The van der Waals surface area contributed by atoms with Gasteiger partial charge in [0.25, 0.3) is 0 Å². The molecule has 11 heteroatoms. The van der Waals surface area contributed by atoms with E-state index in [1.165, 1.54) is 10.9 Å². The highest BCUT2D eigenvalue weighted by atomic mass is 16.6. The van der Waals surface area contributed by atoms with Gasteiger partial charge < -0.3 is 15.0 Å². The Hall–Kier alpha value is -3.47. The second-order valence-electron chi connectivity index (χ2n) is 6.97. The summed E-state index contributed by atoms with van der Waals surface area (Å²) in [5.74, 6) is 0.601. The van der Waals surface area contributed by atoms with Gasteiger partial charge in [-0.05, 0) is 38.9 Å². The number of anilines is 2. The minimum Gasteiger partial charge on any atom is -0.390 e. The number of pyridine rings is 1. The molecule has 1 amide bonds. The van der Waals surface area contributed by atoms with Gasteiger partial charge in [0, 0.05) is 20.1 Å². The van der Waals surface area contributed by atoms with E-state index in [-0.39, 0.29) is 23.3 Å². The minimum absolute atomic E-state index is 0.108. The SMILES string of the molecule is CCN(CC)c1nc2ccc(NC(=O)Oc3c(C(=O)C4CCN4)cnn3C)cn2n1. The van der Waals surface area contributed by atoms with Gasteiger partial charge in [0.2, 0.25) is 11.8 Å². The summed E-state index contributed by atoms with van der Waals surface area (Å²) in [5, 5.41) is 14.2. The number of ether oxygens (including phenoxy) is 1. The molecule has 3 aromatic heterocycles. The standard InChI is InChI=1S/C19H24N8O3/c1-4-26(5-2)18-23-15-7-6-12(11-27(15)24-18)22-19(29)30-17-13(10-21-25(17)3)16(28)14-8-9-20-14/h6-7,10-11,14,20H,4-5,8-9H2,1-3H3,(H,22,29). The maximum Gasteiger partial charge on any atom is 0.418 e. The van der Waals surface area contributed by atoms with Gasteiger partial charge in [-0.1, -0.05) is 0 Å². The number of fused-ring (bicyclic) bond motifs is 1. The highest BCUT2D eigenvalue weighted by molar-refractivity contribution is 6.03. The van der Waals surface area contributed by atoms with Gasteiger partial charge in [-0.25, -0.2) is 14.0 Å². The molecule has 158 valence electrons. The van der Waals surface area contributed by atoms with Crippen molar-refractivity contribution < 1.29 is 14.3 Å². The van der Waals surface area contributed by atoms with Gasteiger partial charge >= 0.3 is 6.09 Å². The van der Waals surface area contributed by atoms with Crippen LogP contribution in [0.3, 0.4) is 0 Å². The maximum absolute atomic E-state index is 12.5. The fraction of sp³-hybridized carbons (Fsp3) is 0.421. The number of rotatable bonds is 7. The van der Waals surface area contributed by atoms with Crippen molar-refractivity contribution in [2.45, 2.75) is 26.3 Å². The van der Waals surface area contributed by atoms with Crippen LogP contribution < -0.4 is 20.3 Å². The van der Waals surface area contributed by atoms with Crippen molar-refractivity contribution in [1.29, 1.82) is 0 Å². The molecule has 1 unspecified atom stereocenters. The molecule has 0 bridgehead atoms. The Morgan fingerprint density at radius 1 is 1.33 bits per heavy atom. The topological polar surface area (TPSA) is 119 Å². The Morgan fingerprint density at radius 2 is 2.10 bits per heavy atom. The molecule has 1 fully saturated rings. The van der Waals surface area contributed by atoms with Crippen LogP contribution in [-0.2, 0) is 7.05 Å². The lowest BCUT2D eigenvalue weighted by Gasteiger charge is -2.25. The molecule has 0 saturated carbocycles. The number of amides is 1. The summed E-state index contributed by atoms with van der Waals surface area (Å²) in [7, 11) is 1.61. The summed E-state index contributed by atoms with van der Waals surface area (Å²) >= 11 is 0. The van der Waals surface area contributed by atoms with Gasteiger partial charge in [0.15, 0.2) is 11.4 Å². The highest BCUT2D eigenvalue weighted by Crippen LogP contribution is 2.22. The van der Waals surface area contributed by atoms with Crippen LogP contribution in [0.25, 0.3) is 5.65 Å². The smallest absolute Gasteiger partial charge is 0.390 e. The Labute approximate surface area is 173 Å². The lowest BCUT2D eigenvalue weighted by Crippen LogP contribution is -2.48. The Morgan fingerprint density at radius 3 is 2.77 bits per heavy atom. The van der Waals surface area contributed by atoms with E-state index in [0.29, 0.717) is 17.3 Å². The van der Waals surface area contributed by atoms with E-state index in [1.807, 2.05) is 18.7 Å². The summed E-state index contributed by atoms with van der Waals surface area (Å²) in [6.45, 7) is 6.47. The molecule has 11 nitrogen and oxygen atoms in total. The van der Waals surface area contributed by atoms with E-state index in [0.717, 1.165) is 26.1 Å². The summed E-state index contributed by atoms with van der Waals surface area (Å²) in [6, 6.07) is 3.22. The van der Waals surface area contributed by atoms with E-state index in [2.05, 4.69) is 25.8 Å². The third-order valence-electron chi connectivity index (χ3n) is 5.09. The number of Topliss-reactive ketones (excluding diaryl/α,β-unsaturated/α-hetero) is 1. The molecule has 2 N–H and O–H groups in total. The molecule has 1 aliphatic heterocycles. The number of nitrogens with one attached hydrogen (secondary N) is 2. The average molecular weight is 412 g/mol. The third-order valence-corrected chi connectivity index (χ3v) is 5.09. The summed E-state index contributed by atoms with van der Waals surface area (Å²) < 4.78 is 8.36. The van der Waals surface area contributed by atoms with Crippen LogP contribution in [0.15, 0.2) is 24.5 Å². The number of ketones is 1. The fourth-order valence-electron chi connectivity index (χ4n) is 3.23. The predicted octanol–water partition coefficient (Wildman–Crippen LogP) is 1.46. The molecule has 1 aliphatic rings. The first-order chi connectivity index (χ1) is 14.5. The predicted molar refractivity (Wildman–Crippen MR) is 110 cm³/mol. The molecule has 4 heterocycles. The van der Waals surface area contributed by atoms with Crippen LogP contribution >= 0.6 is 0 Å². The van der Waals surface area contributed by atoms with Crippen molar-refractivity contribution in [3.05, 3.63) is 30.1 Å². The van der Waals surface area contributed by atoms with Crippen molar-refractivity contribution >= 4 is 29.2 Å². The second kappa shape index (κ2) is 8.11. The van der Waals surface area contributed by atoms with Crippen LogP contribution in [0.1, 0.15) is 30.6 Å². The number of carbonyl (C=O) groups excluding carboxylic acids is 2. The first-order valence-electron chi connectivity index (χ1n) is 9.90. The van der Waals surface area contributed by atoms with Crippen molar-refractivity contribution in [2.75, 3.05) is 29.9 Å². The minimum atomic E-state index is -0.724. The Kier molecular flexibility index (Phi) is 5.36. The van der Waals surface area contributed by atoms with Crippen LogP contribution in [0.2, 0.25) is 0 Å². The first-order valence-corrected chi connectivity index (χ1v) is 9.90. The maximum atomic E-state index is 12.5. The number of hydrogen-bond acceptors (Lipinski definition) is 8. The van der Waals surface area contributed by atoms with E-state index in [4.69, 9.17) is 4.74 Å². The Balaban J connectivity index is 1.48. The van der Waals surface area contributed by atoms with E-state index >= 15 is 0 Å². The number of nitrogens with zero attached hydrogens (tertiary/aromatic N) is 6. The van der Waals surface area contributed by atoms with Gasteiger partial charge in [-0.15, -0.1) is 5.10 Å². The molecule has 1 atom stereocenters. The average Bonchev–Trinajstić information content (AvgIpc) is 3.25. The molecular formula is C19H24N8O3. The van der Waals surface area contributed by atoms with Crippen LogP contribution in [-0.4, -0.2) is 61.9 Å². The highest BCUT2D eigenvalue weighted by Gasteiger charge is 2.30. The molecular weight excluding hydrogens is 388 g/mol. The largest absolute Gasteiger partial charge is 0.418 e. The Bertz CT molecular complexity index is 1080. The van der Waals surface area contributed by atoms with Gasteiger partial charge in [-0.2, -0.15) is 10.1 Å². The zero-order chi connectivity index (χ0) is 21.3. The zero-order valence-electron chi connectivity index (χ0n) is 17.1. The van der Waals surface area contributed by atoms with Crippen LogP contribution in [0.5, 0.6) is 5.88 Å². The summed E-state index contributed by atoms with van der Waals surface area (Å²) in [4.78, 5) is 31.5. The quantitative estimate of drug-likeness (QED) is 0.560. The second-order valence-corrected chi connectivity index (χ2v) is 6.97. The third kappa shape index (κ3) is 3.71. The lowest BCUT2D eigenvalue weighted by molar-refractivity contribution is 0.0901. The van der Waals surface area contributed by atoms with E-state index < -0.39 is 6.09 Å². The van der Waals surface area contributed by atoms with Gasteiger partial charge in [-0.3, -0.25) is 10.1 Å². The molecule has 4 rings (SSSR count). The van der Waals surface area contributed by atoms with Crippen LogP contribution in [0.4, 0.5) is 16.4 Å². The summed E-state index contributed by atoms with van der Waals surface area (Å²) in [5.41, 5.74) is 1.43. The molecule has 3 aromatic rings. The van der Waals surface area contributed by atoms with E-state index in [9.17, 15) is 9.59 Å². The molecule has 0 radical (unpaired) electrons. The fourth-order valence-corrected chi connectivity index (χ4v) is 3.23. The summed E-state index contributed by atoms with van der Waals surface area (Å²) in [6.07, 6.45) is 3.11. The first kappa shape index (κ1) is 19.8. The van der Waals surface area contributed by atoms with Crippen LogP contribution in [0, 0.1) is 0 Å². The molecule has 1 saturated heterocycles. The molecule has 0 aliphatic carbocycles. The van der Waals surface area contributed by atoms with E-state index in [1.54, 1.807) is 29.9 Å². The molecule has 30 heavy (non-hydrogen) atoms. The zero-order valence-corrected chi connectivity index (χ0v) is 17.1. The molecule has 0 spiro atoms. The number of aromatic nitrogens is 5. The molecule has 0 aromatic carbocycles. The van der Waals surface area contributed by atoms with Crippen molar-refractivity contribution in [1.82, 2.24) is 29.7 Å². The number of carbonyl (C=O) groups is 2. The van der Waals surface area contributed by atoms with Crippen molar-refractivity contribution in [3.8, 4) is 5.88 Å². The lowest BCUT2D eigenvalue weighted by atomic mass is 9.98.